The van der Waals surface area contributed by atoms with Gasteiger partial charge in [-0.15, -0.1) is 0 Å². The van der Waals surface area contributed by atoms with E-state index in [0.29, 0.717) is 41.6 Å². The third-order valence-electron chi connectivity index (χ3n) is 4.68. The molecule has 0 fully saturated rings. The monoisotopic (exact) mass is 388 g/mol. The van der Waals surface area contributed by atoms with Gasteiger partial charge in [-0.3, -0.25) is 14.9 Å². The largest absolute Gasteiger partial charge is 0.383 e. The first-order valence-corrected chi connectivity index (χ1v) is 9.13. The standard InChI is InChI=1S/C19H21ClN4O3/c1-3-22-19(25)15-9-18(24(26)27)16(21-2)10-17(15)23-7-6-12-4-5-14(20)8-13(12)11-23/h4-5,8-10,21H,3,6-7,11H2,1-2H3,(H,22,25). The van der Waals surface area contributed by atoms with Crippen molar-refractivity contribution in [3.63, 3.8) is 0 Å². The van der Waals surface area contributed by atoms with Crippen LogP contribution in [0.25, 0.3) is 0 Å². The number of carbonyl (C=O) groups is 1. The zero-order valence-corrected chi connectivity index (χ0v) is 16.0. The number of hydrogen-bond donors (Lipinski definition) is 2. The van der Waals surface area contributed by atoms with Crippen LogP contribution in [0.15, 0.2) is 30.3 Å². The topological polar surface area (TPSA) is 87.5 Å². The van der Waals surface area contributed by atoms with Crippen molar-refractivity contribution in [1.82, 2.24) is 5.32 Å². The zero-order chi connectivity index (χ0) is 19.6. The van der Waals surface area contributed by atoms with Gasteiger partial charge in [0.05, 0.1) is 16.2 Å². The van der Waals surface area contributed by atoms with E-state index in [1.807, 2.05) is 25.1 Å². The van der Waals surface area contributed by atoms with Gasteiger partial charge in [0.15, 0.2) is 0 Å². The first-order chi connectivity index (χ1) is 12.9. The summed E-state index contributed by atoms with van der Waals surface area (Å²) >= 11 is 6.13. The third-order valence-corrected chi connectivity index (χ3v) is 4.92. The van der Waals surface area contributed by atoms with Gasteiger partial charge in [-0.25, -0.2) is 0 Å². The Hall–Kier alpha value is -2.80. The molecular weight excluding hydrogens is 368 g/mol. The molecule has 2 aromatic rings. The Bertz CT molecular complexity index is 901. The zero-order valence-electron chi connectivity index (χ0n) is 15.2. The van der Waals surface area contributed by atoms with E-state index in [4.69, 9.17) is 11.6 Å². The number of hydrogen-bond acceptors (Lipinski definition) is 5. The quantitative estimate of drug-likeness (QED) is 0.603. The fourth-order valence-corrected chi connectivity index (χ4v) is 3.55. The van der Waals surface area contributed by atoms with Crippen molar-refractivity contribution in [2.45, 2.75) is 19.9 Å². The highest BCUT2D eigenvalue weighted by Crippen LogP contribution is 2.36. The Balaban J connectivity index is 2.08. The molecule has 0 aliphatic carbocycles. The highest BCUT2D eigenvalue weighted by atomic mass is 35.5. The summed E-state index contributed by atoms with van der Waals surface area (Å²) in [6.45, 7) is 3.55. The molecular formula is C19H21ClN4O3. The number of nitrogens with one attached hydrogen (secondary N) is 2. The smallest absolute Gasteiger partial charge is 0.293 e. The fraction of sp³-hybridized carbons (Fsp3) is 0.316. The summed E-state index contributed by atoms with van der Waals surface area (Å²) in [4.78, 5) is 25.6. The number of rotatable bonds is 5. The molecule has 1 aliphatic rings. The number of amides is 1. The number of halogens is 1. The Morgan fingerprint density at radius 2 is 2.07 bits per heavy atom. The molecule has 0 atom stereocenters. The van der Waals surface area contributed by atoms with Crippen molar-refractivity contribution < 1.29 is 9.72 Å². The molecule has 0 spiro atoms. The van der Waals surface area contributed by atoms with Gasteiger partial charge in [-0.05, 0) is 42.7 Å². The first kappa shape index (κ1) is 19.0. The van der Waals surface area contributed by atoms with Gasteiger partial charge in [0.1, 0.15) is 5.69 Å². The molecule has 1 aliphatic heterocycles. The lowest BCUT2D eigenvalue weighted by Gasteiger charge is -2.32. The van der Waals surface area contributed by atoms with E-state index in [1.165, 1.54) is 11.6 Å². The van der Waals surface area contributed by atoms with Crippen LogP contribution in [0.4, 0.5) is 17.1 Å². The summed E-state index contributed by atoms with van der Waals surface area (Å²) in [6.07, 6.45) is 0.813. The normalized spacial score (nSPS) is 13.1. The molecule has 0 aromatic heterocycles. The third kappa shape index (κ3) is 3.83. The second-order valence-electron chi connectivity index (χ2n) is 6.34. The minimum atomic E-state index is -0.483. The average Bonchev–Trinajstić information content (AvgIpc) is 2.66. The van der Waals surface area contributed by atoms with E-state index >= 15 is 0 Å². The molecule has 0 bridgehead atoms. The van der Waals surface area contributed by atoms with Crippen LogP contribution in [0.2, 0.25) is 5.02 Å². The fourth-order valence-electron chi connectivity index (χ4n) is 3.36. The number of nitro benzene ring substituents is 1. The molecule has 2 N–H and O–H groups in total. The minimum Gasteiger partial charge on any atom is -0.383 e. The Morgan fingerprint density at radius 3 is 2.74 bits per heavy atom. The van der Waals surface area contributed by atoms with E-state index in [-0.39, 0.29) is 11.6 Å². The van der Waals surface area contributed by atoms with Gasteiger partial charge in [0.2, 0.25) is 0 Å². The Labute approximate surface area is 162 Å². The molecule has 8 heteroatoms. The Morgan fingerprint density at radius 1 is 1.30 bits per heavy atom. The predicted molar refractivity (Wildman–Crippen MR) is 107 cm³/mol. The molecule has 0 saturated heterocycles. The number of nitrogens with zero attached hydrogens (tertiary/aromatic N) is 2. The van der Waals surface area contributed by atoms with Crippen molar-refractivity contribution in [1.29, 1.82) is 0 Å². The maximum Gasteiger partial charge on any atom is 0.293 e. The van der Waals surface area contributed by atoms with E-state index < -0.39 is 4.92 Å². The number of anilines is 2. The molecule has 3 rings (SSSR count). The van der Waals surface area contributed by atoms with E-state index in [9.17, 15) is 14.9 Å². The molecule has 1 amide bonds. The van der Waals surface area contributed by atoms with Gasteiger partial charge in [0, 0.05) is 37.8 Å². The Kier molecular flexibility index (Phi) is 5.51. The SMILES string of the molecule is CCNC(=O)c1cc([N+](=O)[O-])c(NC)cc1N1CCc2ccc(Cl)cc2C1. The van der Waals surface area contributed by atoms with Crippen molar-refractivity contribution >= 4 is 34.6 Å². The maximum absolute atomic E-state index is 12.6. The molecule has 1 heterocycles. The summed E-state index contributed by atoms with van der Waals surface area (Å²) < 4.78 is 0. The number of benzene rings is 2. The molecule has 0 radical (unpaired) electrons. The molecule has 27 heavy (non-hydrogen) atoms. The maximum atomic E-state index is 12.6. The van der Waals surface area contributed by atoms with Crippen molar-refractivity contribution in [3.8, 4) is 0 Å². The summed E-state index contributed by atoms with van der Waals surface area (Å²) in [7, 11) is 1.63. The van der Waals surface area contributed by atoms with Crippen LogP contribution in [-0.2, 0) is 13.0 Å². The van der Waals surface area contributed by atoms with Crippen LogP contribution >= 0.6 is 11.6 Å². The van der Waals surface area contributed by atoms with Gasteiger partial charge in [-0.2, -0.15) is 0 Å². The van der Waals surface area contributed by atoms with Crippen LogP contribution in [0.5, 0.6) is 0 Å². The highest BCUT2D eigenvalue weighted by molar-refractivity contribution is 6.30. The second-order valence-corrected chi connectivity index (χ2v) is 6.77. The van der Waals surface area contributed by atoms with E-state index in [0.717, 1.165) is 12.0 Å². The lowest BCUT2D eigenvalue weighted by Crippen LogP contribution is -2.33. The number of nitro groups is 1. The van der Waals surface area contributed by atoms with Crippen LogP contribution in [-0.4, -0.2) is 31.0 Å². The summed E-state index contributed by atoms with van der Waals surface area (Å²) in [5.41, 5.74) is 3.54. The van der Waals surface area contributed by atoms with Crippen molar-refractivity contribution in [3.05, 3.63) is 62.2 Å². The van der Waals surface area contributed by atoms with E-state index in [1.54, 1.807) is 13.1 Å². The number of fused-ring (bicyclic) bond motifs is 1. The second kappa shape index (κ2) is 7.84. The van der Waals surface area contributed by atoms with Crippen molar-refractivity contribution in [2.24, 2.45) is 0 Å². The molecule has 2 aromatic carbocycles. The molecule has 0 saturated carbocycles. The summed E-state index contributed by atoms with van der Waals surface area (Å²) in [6, 6.07) is 8.85. The van der Waals surface area contributed by atoms with Crippen LogP contribution in [0, 0.1) is 10.1 Å². The van der Waals surface area contributed by atoms with Crippen LogP contribution < -0.4 is 15.5 Å². The minimum absolute atomic E-state index is 0.122. The van der Waals surface area contributed by atoms with Crippen molar-refractivity contribution in [2.75, 3.05) is 30.4 Å². The summed E-state index contributed by atoms with van der Waals surface area (Å²) in [5.74, 6) is -0.324. The van der Waals surface area contributed by atoms with Gasteiger partial charge >= 0.3 is 0 Å². The van der Waals surface area contributed by atoms with E-state index in [2.05, 4.69) is 15.5 Å². The van der Waals surface area contributed by atoms with Gasteiger partial charge in [-0.1, -0.05) is 17.7 Å². The number of carbonyl (C=O) groups excluding carboxylic acids is 1. The van der Waals surface area contributed by atoms with Gasteiger partial charge in [0.25, 0.3) is 11.6 Å². The predicted octanol–water partition coefficient (Wildman–Crippen LogP) is 3.60. The summed E-state index contributed by atoms with van der Waals surface area (Å²) in [5, 5.41) is 17.7. The van der Waals surface area contributed by atoms with Gasteiger partial charge < -0.3 is 15.5 Å². The molecule has 142 valence electrons. The lowest BCUT2D eigenvalue weighted by atomic mass is 9.98. The van der Waals surface area contributed by atoms with Crippen LogP contribution in [0.3, 0.4) is 0 Å². The highest BCUT2D eigenvalue weighted by Gasteiger charge is 2.26. The lowest BCUT2D eigenvalue weighted by molar-refractivity contribution is -0.383. The average molecular weight is 389 g/mol. The van der Waals surface area contributed by atoms with Crippen LogP contribution in [0.1, 0.15) is 28.4 Å². The molecule has 0 unspecified atom stereocenters. The first-order valence-electron chi connectivity index (χ1n) is 8.75. The molecule has 7 nitrogen and oxygen atoms in total.